The average Bonchev–Trinajstić information content (AvgIpc) is 3.88. The van der Waals surface area contributed by atoms with Gasteiger partial charge in [0.2, 0.25) is 0 Å². The summed E-state index contributed by atoms with van der Waals surface area (Å²) in [6.07, 6.45) is 0. The highest BCUT2D eigenvalue weighted by Crippen LogP contribution is 2.65. The van der Waals surface area contributed by atoms with Crippen LogP contribution in [0.3, 0.4) is 0 Å². The van der Waals surface area contributed by atoms with Gasteiger partial charge in [-0.25, -0.2) is 0 Å². The Labute approximate surface area is 390 Å². The third-order valence-electron chi connectivity index (χ3n) is 15.1. The molecular weight excluding hydrogens is 813 g/mol. The number of rotatable bonds is 4. The quantitative estimate of drug-likeness (QED) is 0.176. The van der Waals surface area contributed by atoms with E-state index in [2.05, 4.69) is 254 Å². The zero-order chi connectivity index (χ0) is 44.4. The second kappa shape index (κ2) is 14.1. The van der Waals surface area contributed by atoms with Crippen LogP contribution < -0.4 is 9.80 Å². The lowest BCUT2D eigenvalue weighted by molar-refractivity contribution is 0.660. The minimum absolute atomic E-state index is 0.138. The first kappa shape index (κ1) is 37.9. The van der Waals surface area contributed by atoms with Gasteiger partial charge in [0.25, 0.3) is 0 Å². The number of fused-ring (bicyclic) bond motifs is 14. The highest BCUT2D eigenvalue weighted by molar-refractivity contribution is 6.10. The lowest BCUT2D eigenvalue weighted by atomic mass is 9.60. The molecule has 1 spiro atoms. The molecule has 1 aliphatic carbocycles. The Bertz CT molecular complexity index is 3760. The molecule has 0 amide bonds. The van der Waals surface area contributed by atoms with Crippen molar-refractivity contribution in [3.8, 4) is 33.4 Å². The molecule has 0 bridgehead atoms. The molecule has 0 fully saturated rings. The van der Waals surface area contributed by atoms with Crippen molar-refractivity contribution in [1.82, 2.24) is 0 Å². The zero-order valence-corrected chi connectivity index (χ0v) is 37.2. The topological polar surface area (TPSA) is 19.6 Å². The van der Waals surface area contributed by atoms with Gasteiger partial charge in [-0.3, -0.25) is 0 Å². The normalized spacial score (nSPS) is 14.6. The number of nitrogens with zero attached hydrogens (tertiary/aromatic N) is 2. The van der Waals surface area contributed by atoms with E-state index in [0.29, 0.717) is 0 Å². The fraction of sp³-hybridized carbons (Fsp3) is 0.0625. The van der Waals surface area contributed by atoms with Gasteiger partial charge in [0.1, 0.15) is 11.2 Å². The summed E-state index contributed by atoms with van der Waals surface area (Å²) in [6.45, 7) is 4.74. The first-order chi connectivity index (χ1) is 33.0. The van der Waals surface area contributed by atoms with Gasteiger partial charge < -0.3 is 14.2 Å². The summed E-state index contributed by atoms with van der Waals surface area (Å²) in [7, 11) is 0. The summed E-state index contributed by atoms with van der Waals surface area (Å²) >= 11 is 0. The van der Waals surface area contributed by atoms with Gasteiger partial charge in [0.15, 0.2) is 0 Å². The average molecular weight is 857 g/mol. The van der Waals surface area contributed by atoms with Crippen molar-refractivity contribution in [2.75, 3.05) is 9.80 Å². The summed E-state index contributed by atoms with van der Waals surface area (Å²) in [5.41, 5.74) is 22.7. The number of anilines is 6. The fourth-order valence-electron chi connectivity index (χ4n) is 12.1. The van der Waals surface area contributed by atoms with Crippen LogP contribution in [0.4, 0.5) is 34.1 Å². The van der Waals surface area contributed by atoms with E-state index in [1.165, 1.54) is 67.0 Å². The lowest BCUT2D eigenvalue weighted by Crippen LogP contribution is -2.42. The van der Waals surface area contributed by atoms with E-state index < -0.39 is 5.41 Å². The van der Waals surface area contributed by atoms with Crippen LogP contribution >= 0.6 is 0 Å². The van der Waals surface area contributed by atoms with Crippen LogP contribution in [-0.2, 0) is 10.8 Å². The first-order valence-electron chi connectivity index (χ1n) is 23.3. The van der Waals surface area contributed by atoms with Crippen molar-refractivity contribution < 1.29 is 4.42 Å². The van der Waals surface area contributed by atoms with E-state index in [4.69, 9.17) is 4.42 Å². The van der Waals surface area contributed by atoms with E-state index in [-0.39, 0.29) is 5.41 Å². The third kappa shape index (κ3) is 5.23. The maximum atomic E-state index is 6.74. The van der Waals surface area contributed by atoms with Gasteiger partial charge in [0, 0.05) is 33.1 Å². The second-order valence-electron chi connectivity index (χ2n) is 18.8. The van der Waals surface area contributed by atoms with Crippen LogP contribution in [0.25, 0.3) is 55.3 Å². The maximum absolute atomic E-state index is 6.74. The van der Waals surface area contributed by atoms with E-state index in [0.717, 1.165) is 55.8 Å². The van der Waals surface area contributed by atoms with Gasteiger partial charge in [-0.05, 0) is 122 Å². The highest BCUT2D eigenvalue weighted by atomic mass is 16.3. The SMILES string of the molecule is CC1(C)c2ccccc2-c2ccc(N3c4ccccc4C4(c5ccccc53)c3ccccc3N(c3ccc(-c5ccccc5)cc3)c3ccc(-c5cccc6c5oc5ccccc56)cc34)cc21. The fourth-order valence-corrected chi connectivity index (χ4v) is 12.1. The van der Waals surface area contributed by atoms with Gasteiger partial charge in [-0.2, -0.15) is 0 Å². The molecule has 0 saturated heterocycles. The molecular formula is C64H44N2O. The molecule has 0 unspecified atom stereocenters. The Hall–Kier alpha value is -8.40. The number of hydrogen-bond acceptors (Lipinski definition) is 3. The molecule has 3 heteroatoms. The number of furan rings is 1. The van der Waals surface area contributed by atoms with Crippen molar-refractivity contribution in [2.45, 2.75) is 24.7 Å². The van der Waals surface area contributed by atoms with Crippen molar-refractivity contribution in [3.63, 3.8) is 0 Å². The Morgan fingerprint density at radius 1 is 0.328 bits per heavy atom. The van der Waals surface area contributed by atoms with Gasteiger partial charge in [-0.1, -0.05) is 184 Å². The van der Waals surface area contributed by atoms with Crippen LogP contribution in [0, 0.1) is 0 Å². The number of benzene rings is 10. The zero-order valence-electron chi connectivity index (χ0n) is 37.2. The summed E-state index contributed by atoms with van der Waals surface area (Å²) in [5, 5.41) is 2.25. The third-order valence-corrected chi connectivity index (χ3v) is 15.1. The van der Waals surface area contributed by atoms with E-state index in [1.807, 2.05) is 0 Å². The molecule has 10 aromatic carbocycles. The van der Waals surface area contributed by atoms with E-state index in [1.54, 1.807) is 0 Å². The van der Waals surface area contributed by atoms with E-state index >= 15 is 0 Å². The number of hydrogen-bond donors (Lipinski definition) is 0. The Balaban J connectivity index is 1.04. The molecule has 3 nitrogen and oxygen atoms in total. The summed E-state index contributed by atoms with van der Waals surface area (Å²) < 4.78 is 6.74. The Kier molecular flexibility index (Phi) is 7.95. The van der Waals surface area contributed by atoms with Crippen molar-refractivity contribution in [3.05, 3.63) is 264 Å². The minimum atomic E-state index is -0.708. The molecule has 316 valence electrons. The largest absolute Gasteiger partial charge is 0.455 e. The standard InChI is InChI=1S/C64H44N2O/c1-63(2)51-23-8-6-19-47(51)48-37-36-45(40-55(48)63)66-58-28-13-10-25-53(58)64(54-26-11-14-29-59(54)66)52-24-9-12-27-57(52)65(44-34-31-42(32-35-44)41-17-4-3-5-18-41)60-38-33-43(39-56(60)64)46-21-16-22-50-49-20-7-15-30-61(49)67-62(46)50/h3-40H,1-2H3. The van der Waals surface area contributed by atoms with Crippen LogP contribution in [0.2, 0.25) is 0 Å². The van der Waals surface area contributed by atoms with Crippen LogP contribution in [0.5, 0.6) is 0 Å². The number of para-hydroxylation sites is 5. The maximum Gasteiger partial charge on any atom is 0.143 e. The molecule has 0 atom stereocenters. The van der Waals surface area contributed by atoms with Crippen molar-refractivity contribution in [1.29, 1.82) is 0 Å². The molecule has 14 rings (SSSR count). The Morgan fingerprint density at radius 2 is 0.836 bits per heavy atom. The molecule has 0 saturated carbocycles. The first-order valence-corrected chi connectivity index (χ1v) is 23.3. The summed E-state index contributed by atoms with van der Waals surface area (Å²) in [6, 6.07) is 85.2. The predicted octanol–water partition coefficient (Wildman–Crippen LogP) is 17.2. The Morgan fingerprint density at radius 3 is 1.55 bits per heavy atom. The van der Waals surface area contributed by atoms with Crippen molar-refractivity contribution >= 4 is 56.1 Å². The second-order valence-corrected chi connectivity index (χ2v) is 18.8. The molecule has 0 N–H and O–H groups in total. The lowest BCUT2D eigenvalue weighted by Gasteiger charge is -2.51. The molecule has 3 aliphatic rings. The van der Waals surface area contributed by atoms with Gasteiger partial charge >= 0.3 is 0 Å². The predicted molar refractivity (Wildman–Crippen MR) is 277 cm³/mol. The summed E-state index contributed by atoms with van der Waals surface area (Å²) in [4.78, 5) is 5.00. The van der Waals surface area contributed by atoms with Crippen LogP contribution in [-0.4, -0.2) is 0 Å². The van der Waals surface area contributed by atoms with Crippen molar-refractivity contribution in [2.24, 2.45) is 0 Å². The minimum Gasteiger partial charge on any atom is -0.455 e. The smallest absolute Gasteiger partial charge is 0.143 e. The molecule has 0 radical (unpaired) electrons. The van der Waals surface area contributed by atoms with E-state index in [9.17, 15) is 0 Å². The summed E-state index contributed by atoms with van der Waals surface area (Å²) in [5.74, 6) is 0. The van der Waals surface area contributed by atoms with Gasteiger partial charge in [0.05, 0.1) is 28.2 Å². The molecule has 1 aromatic heterocycles. The highest BCUT2D eigenvalue weighted by Gasteiger charge is 2.52. The van der Waals surface area contributed by atoms with Crippen LogP contribution in [0.1, 0.15) is 47.2 Å². The monoisotopic (exact) mass is 856 g/mol. The van der Waals surface area contributed by atoms with Crippen LogP contribution in [0.15, 0.2) is 235 Å². The molecule has 2 aliphatic heterocycles. The molecule has 11 aromatic rings. The molecule has 67 heavy (non-hydrogen) atoms. The molecule has 3 heterocycles. The van der Waals surface area contributed by atoms with Gasteiger partial charge in [-0.15, -0.1) is 0 Å².